The van der Waals surface area contributed by atoms with Crippen molar-refractivity contribution in [2.45, 2.75) is 12.8 Å². The van der Waals surface area contributed by atoms with Gasteiger partial charge in [-0.2, -0.15) is 0 Å². The Morgan fingerprint density at radius 1 is 1.39 bits per heavy atom. The summed E-state index contributed by atoms with van der Waals surface area (Å²) in [5.41, 5.74) is 6.73. The van der Waals surface area contributed by atoms with Crippen molar-refractivity contribution in [2.75, 3.05) is 45.4 Å². The van der Waals surface area contributed by atoms with Crippen LogP contribution < -0.4 is 15.8 Å². The first-order chi connectivity index (χ1) is 10.8. The second kappa shape index (κ2) is 11.5. The number of nitrogens with zero attached hydrogens (tertiary/aromatic N) is 1. The van der Waals surface area contributed by atoms with Gasteiger partial charge in [-0.3, -0.25) is 4.99 Å². The minimum Gasteiger partial charge on any atom is -0.497 e. The number of nitrogens with one attached hydrogen (secondary N) is 1. The van der Waals surface area contributed by atoms with E-state index in [2.05, 4.69) is 10.3 Å². The molecule has 0 aromatic heterocycles. The lowest BCUT2D eigenvalue weighted by Gasteiger charge is -2.08. The van der Waals surface area contributed by atoms with E-state index in [0.717, 1.165) is 44.1 Å². The number of nitrogens with two attached hydrogens (primary N) is 1. The van der Waals surface area contributed by atoms with E-state index < -0.39 is 0 Å². The van der Waals surface area contributed by atoms with E-state index in [1.165, 1.54) is 0 Å². The van der Waals surface area contributed by atoms with Gasteiger partial charge in [-0.1, -0.05) is 0 Å². The molecule has 1 aliphatic rings. The van der Waals surface area contributed by atoms with Crippen LogP contribution in [0, 0.1) is 5.92 Å². The molecule has 0 spiro atoms. The average Bonchev–Trinajstić information content (AvgIpc) is 3.05. The van der Waals surface area contributed by atoms with Crippen molar-refractivity contribution in [1.82, 2.24) is 0 Å². The summed E-state index contributed by atoms with van der Waals surface area (Å²) in [4.78, 5) is 4.28. The summed E-state index contributed by atoms with van der Waals surface area (Å²) in [6.45, 7) is 3.83. The molecule has 6 nitrogen and oxygen atoms in total. The largest absolute Gasteiger partial charge is 0.497 e. The number of halogens is 1. The first-order valence-corrected chi connectivity index (χ1v) is 7.64. The van der Waals surface area contributed by atoms with Crippen molar-refractivity contribution in [3.63, 3.8) is 0 Å². The van der Waals surface area contributed by atoms with Crippen LogP contribution in [0.3, 0.4) is 0 Å². The molecule has 0 saturated carbocycles. The molecular formula is C16H26IN3O3. The quantitative estimate of drug-likeness (QED) is 0.284. The first-order valence-electron chi connectivity index (χ1n) is 7.64. The molecule has 130 valence electrons. The van der Waals surface area contributed by atoms with E-state index in [1.54, 1.807) is 7.11 Å². The Labute approximate surface area is 154 Å². The maximum atomic E-state index is 5.84. The topological polar surface area (TPSA) is 78.1 Å². The zero-order chi connectivity index (χ0) is 15.6. The third-order valence-electron chi connectivity index (χ3n) is 3.47. The molecule has 1 heterocycles. The van der Waals surface area contributed by atoms with Crippen molar-refractivity contribution in [3.05, 3.63) is 24.3 Å². The van der Waals surface area contributed by atoms with Crippen LogP contribution >= 0.6 is 24.0 Å². The molecule has 0 radical (unpaired) electrons. The van der Waals surface area contributed by atoms with Gasteiger partial charge < -0.3 is 25.3 Å². The van der Waals surface area contributed by atoms with Gasteiger partial charge in [-0.15, -0.1) is 24.0 Å². The van der Waals surface area contributed by atoms with Gasteiger partial charge in [0.1, 0.15) is 5.75 Å². The standard InChI is InChI=1S/C16H25N3O3.HI/c1-20-15-5-3-14(4-6-15)19-16(17)18-8-2-9-21-11-13-7-10-22-12-13;/h3-6,13H,2,7-12H2,1H3,(H3,17,18,19);1H. The molecule has 1 fully saturated rings. The van der Waals surface area contributed by atoms with Gasteiger partial charge in [-0.05, 0) is 37.1 Å². The Balaban J connectivity index is 0.00000264. The monoisotopic (exact) mass is 435 g/mol. The lowest BCUT2D eigenvalue weighted by atomic mass is 10.1. The van der Waals surface area contributed by atoms with Crippen molar-refractivity contribution in [3.8, 4) is 5.75 Å². The average molecular weight is 435 g/mol. The molecule has 23 heavy (non-hydrogen) atoms. The third kappa shape index (κ3) is 7.85. The van der Waals surface area contributed by atoms with Gasteiger partial charge in [-0.25, -0.2) is 0 Å². The van der Waals surface area contributed by atoms with Crippen LogP contribution in [0.25, 0.3) is 0 Å². The maximum Gasteiger partial charge on any atom is 0.193 e. The van der Waals surface area contributed by atoms with Crippen LogP contribution in [0.4, 0.5) is 5.69 Å². The number of hydrogen-bond donors (Lipinski definition) is 2. The third-order valence-corrected chi connectivity index (χ3v) is 3.47. The molecule has 0 amide bonds. The number of anilines is 1. The highest BCUT2D eigenvalue weighted by atomic mass is 127. The Morgan fingerprint density at radius 3 is 2.83 bits per heavy atom. The fourth-order valence-electron chi connectivity index (χ4n) is 2.19. The molecular weight excluding hydrogens is 409 g/mol. The fourth-order valence-corrected chi connectivity index (χ4v) is 2.19. The van der Waals surface area contributed by atoms with Crippen LogP contribution in [-0.4, -0.2) is 46.0 Å². The van der Waals surface area contributed by atoms with E-state index in [0.29, 0.717) is 25.0 Å². The molecule has 1 unspecified atom stereocenters. The van der Waals surface area contributed by atoms with Crippen LogP contribution in [0.1, 0.15) is 12.8 Å². The number of aliphatic imine (C=N–C) groups is 1. The number of methoxy groups -OCH3 is 1. The zero-order valence-electron chi connectivity index (χ0n) is 13.5. The predicted molar refractivity (Wildman–Crippen MR) is 103 cm³/mol. The zero-order valence-corrected chi connectivity index (χ0v) is 15.8. The second-order valence-corrected chi connectivity index (χ2v) is 5.28. The van der Waals surface area contributed by atoms with Crippen LogP contribution in [0.2, 0.25) is 0 Å². The highest BCUT2D eigenvalue weighted by Gasteiger charge is 2.14. The Bertz CT molecular complexity index is 462. The molecule has 0 bridgehead atoms. The smallest absolute Gasteiger partial charge is 0.193 e. The van der Waals surface area contributed by atoms with Gasteiger partial charge in [0.05, 0.1) is 20.3 Å². The summed E-state index contributed by atoms with van der Waals surface area (Å²) >= 11 is 0. The second-order valence-electron chi connectivity index (χ2n) is 5.28. The van der Waals surface area contributed by atoms with Crippen molar-refractivity contribution in [1.29, 1.82) is 0 Å². The van der Waals surface area contributed by atoms with Gasteiger partial charge >= 0.3 is 0 Å². The predicted octanol–water partition coefficient (Wildman–Crippen LogP) is 2.48. The lowest BCUT2D eigenvalue weighted by molar-refractivity contribution is 0.0893. The molecule has 3 N–H and O–H groups in total. The molecule has 1 aromatic rings. The first kappa shape index (κ1) is 20.0. The Morgan fingerprint density at radius 2 is 2.17 bits per heavy atom. The van der Waals surface area contributed by atoms with Gasteiger partial charge in [0, 0.05) is 31.4 Å². The van der Waals surface area contributed by atoms with E-state index in [9.17, 15) is 0 Å². The Hall–Kier alpha value is -1.06. The van der Waals surface area contributed by atoms with Crippen molar-refractivity contribution in [2.24, 2.45) is 16.6 Å². The van der Waals surface area contributed by atoms with E-state index in [-0.39, 0.29) is 24.0 Å². The SMILES string of the molecule is COc1ccc(NC(N)=NCCCOCC2CCOC2)cc1.I. The molecule has 0 aliphatic carbocycles. The summed E-state index contributed by atoms with van der Waals surface area (Å²) in [5.74, 6) is 1.78. The summed E-state index contributed by atoms with van der Waals surface area (Å²) in [7, 11) is 1.64. The minimum absolute atomic E-state index is 0. The van der Waals surface area contributed by atoms with Crippen LogP contribution in [0.15, 0.2) is 29.3 Å². The highest BCUT2D eigenvalue weighted by Crippen LogP contribution is 2.14. The summed E-state index contributed by atoms with van der Waals surface area (Å²) < 4.78 is 16.0. The summed E-state index contributed by atoms with van der Waals surface area (Å²) in [6, 6.07) is 7.54. The molecule has 1 aliphatic heterocycles. The van der Waals surface area contributed by atoms with Crippen molar-refractivity contribution < 1.29 is 14.2 Å². The number of benzene rings is 1. The molecule has 1 saturated heterocycles. The lowest BCUT2D eigenvalue weighted by Crippen LogP contribution is -2.23. The van der Waals surface area contributed by atoms with Gasteiger partial charge in [0.2, 0.25) is 0 Å². The number of hydrogen-bond acceptors (Lipinski definition) is 4. The van der Waals surface area contributed by atoms with Gasteiger partial charge in [0.25, 0.3) is 0 Å². The van der Waals surface area contributed by atoms with Crippen LogP contribution in [0.5, 0.6) is 5.75 Å². The maximum absolute atomic E-state index is 5.84. The fraction of sp³-hybridized carbons (Fsp3) is 0.562. The van der Waals surface area contributed by atoms with E-state index >= 15 is 0 Å². The van der Waals surface area contributed by atoms with E-state index in [1.807, 2.05) is 24.3 Å². The molecule has 7 heteroatoms. The minimum atomic E-state index is 0. The van der Waals surface area contributed by atoms with Crippen LogP contribution in [-0.2, 0) is 9.47 Å². The molecule has 2 rings (SSSR count). The molecule has 1 atom stereocenters. The van der Waals surface area contributed by atoms with Gasteiger partial charge in [0.15, 0.2) is 5.96 Å². The summed E-state index contributed by atoms with van der Waals surface area (Å²) in [5, 5.41) is 3.04. The van der Waals surface area contributed by atoms with E-state index in [4.69, 9.17) is 19.9 Å². The summed E-state index contributed by atoms with van der Waals surface area (Å²) in [6.07, 6.45) is 1.97. The highest BCUT2D eigenvalue weighted by molar-refractivity contribution is 14.0. The van der Waals surface area contributed by atoms with Crippen molar-refractivity contribution >= 4 is 35.6 Å². The normalized spacial score (nSPS) is 17.6. The molecule has 1 aromatic carbocycles. The number of ether oxygens (including phenoxy) is 3. The Kier molecular flexibility index (Phi) is 9.97. The number of rotatable bonds is 8. The number of guanidine groups is 1.